The number of nitrogens with zero attached hydrogens (tertiary/aromatic N) is 2. The van der Waals surface area contributed by atoms with E-state index < -0.39 is 15.9 Å². The molecule has 32 heavy (non-hydrogen) atoms. The predicted octanol–water partition coefficient (Wildman–Crippen LogP) is 4.49. The van der Waals surface area contributed by atoms with Gasteiger partial charge in [-0.05, 0) is 60.3 Å². The van der Waals surface area contributed by atoms with E-state index >= 15 is 0 Å². The zero-order chi connectivity index (χ0) is 22.6. The summed E-state index contributed by atoms with van der Waals surface area (Å²) in [5, 5.41) is 5.86. The van der Waals surface area contributed by atoms with Crippen molar-refractivity contribution in [2.24, 2.45) is 5.10 Å². The number of anilines is 1. The molecular formula is C23H20N4O3S2. The van der Waals surface area contributed by atoms with Crippen molar-refractivity contribution < 1.29 is 13.2 Å². The number of sulfonamides is 1. The van der Waals surface area contributed by atoms with E-state index in [1.807, 2.05) is 53.4 Å². The number of thiophene rings is 1. The maximum atomic E-state index is 12.7. The van der Waals surface area contributed by atoms with Gasteiger partial charge in [-0.3, -0.25) is 9.52 Å². The van der Waals surface area contributed by atoms with Gasteiger partial charge in [0.1, 0.15) is 4.21 Å². The monoisotopic (exact) mass is 464 g/mol. The lowest BCUT2D eigenvalue weighted by Crippen LogP contribution is -2.22. The summed E-state index contributed by atoms with van der Waals surface area (Å²) in [5.74, 6) is -0.516. The normalized spacial score (nSPS) is 11.8. The molecule has 9 heteroatoms. The molecule has 0 bridgehead atoms. The molecule has 0 aliphatic carbocycles. The van der Waals surface area contributed by atoms with Gasteiger partial charge in [0.2, 0.25) is 0 Å². The molecule has 0 aliphatic heterocycles. The lowest BCUT2D eigenvalue weighted by molar-refractivity contribution is 0.0955. The Balaban J connectivity index is 1.49. The molecule has 4 aromatic rings. The van der Waals surface area contributed by atoms with Crippen LogP contribution in [-0.2, 0) is 10.0 Å². The minimum absolute atomic E-state index is 0.171. The van der Waals surface area contributed by atoms with Gasteiger partial charge in [0.15, 0.2) is 0 Å². The van der Waals surface area contributed by atoms with Crippen molar-refractivity contribution in [1.82, 2.24) is 9.99 Å². The maximum Gasteiger partial charge on any atom is 0.273 e. The summed E-state index contributed by atoms with van der Waals surface area (Å²) in [6.07, 6.45) is 3.92. The fourth-order valence-electron chi connectivity index (χ4n) is 3.02. The highest BCUT2D eigenvalue weighted by Crippen LogP contribution is 2.23. The number of hydrazone groups is 1. The number of hydrogen-bond donors (Lipinski definition) is 2. The minimum atomic E-state index is -3.77. The Labute approximate surface area is 190 Å². The maximum absolute atomic E-state index is 12.7. The number of para-hydroxylation sites is 1. The Bertz CT molecular complexity index is 1340. The molecule has 0 fully saturated rings. The van der Waals surface area contributed by atoms with Crippen LogP contribution < -0.4 is 10.1 Å². The van der Waals surface area contributed by atoms with Gasteiger partial charge < -0.3 is 4.57 Å². The van der Waals surface area contributed by atoms with Crippen LogP contribution in [0.3, 0.4) is 0 Å². The third-order valence-electron chi connectivity index (χ3n) is 4.69. The number of hydrogen-bond acceptors (Lipinski definition) is 5. The summed E-state index contributed by atoms with van der Waals surface area (Å²) in [7, 11) is -3.77. The topological polar surface area (TPSA) is 92.6 Å². The Morgan fingerprint density at radius 3 is 2.34 bits per heavy atom. The fraction of sp³-hybridized carbons (Fsp3) is 0.0435. The number of carbonyl (C=O) groups is 1. The fourth-order valence-corrected chi connectivity index (χ4v) is 5.09. The van der Waals surface area contributed by atoms with E-state index in [1.165, 1.54) is 12.1 Å². The van der Waals surface area contributed by atoms with E-state index in [-0.39, 0.29) is 15.5 Å². The first-order valence-corrected chi connectivity index (χ1v) is 12.0. The largest absolute Gasteiger partial charge is 0.324 e. The van der Waals surface area contributed by atoms with Gasteiger partial charge in [0.05, 0.1) is 17.0 Å². The molecule has 0 unspecified atom stereocenters. The van der Waals surface area contributed by atoms with E-state index in [9.17, 15) is 13.2 Å². The average Bonchev–Trinajstić information content (AvgIpc) is 3.52. The molecule has 0 aliphatic rings. The number of aromatic nitrogens is 1. The van der Waals surface area contributed by atoms with Crippen LogP contribution in [0.1, 0.15) is 22.8 Å². The highest BCUT2D eigenvalue weighted by molar-refractivity contribution is 7.94. The number of rotatable bonds is 7. The van der Waals surface area contributed by atoms with Crippen LogP contribution in [0.4, 0.5) is 5.69 Å². The van der Waals surface area contributed by atoms with Crippen LogP contribution in [0.2, 0.25) is 0 Å². The molecule has 0 saturated heterocycles. The van der Waals surface area contributed by atoms with Crippen LogP contribution in [0.25, 0.3) is 5.69 Å². The van der Waals surface area contributed by atoms with Gasteiger partial charge >= 0.3 is 0 Å². The lowest BCUT2D eigenvalue weighted by atomic mass is 10.1. The highest BCUT2D eigenvalue weighted by Gasteiger charge is 2.19. The number of nitrogens with one attached hydrogen (secondary N) is 2. The van der Waals surface area contributed by atoms with E-state index in [1.54, 1.807) is 36.6 Å². The van der Waals surface area contributed by atoms with Crippen molar-refractivity contribution in [1.29, 1.82) is 0 Å². The molecule has 162 valence electrons. The number of carbonyl (C=O) groups excluding carboxylic acids is 1. The molecule has 2 aromatic heterocycles. The third-order valence-corrected chi connectivity index (χ3v) is 7.45. The van der Waals surface area contributed by atoms with Crippen LogP contribution in [-0.4, -0.2) is 24.6 Å². The van der Waals surface area contributed by atoms with Crippen molar-refractivity contribution in [3.63, 3.8) is 0 Å². The molecule has 2 heterocycles. The van der Waals surface area contributed by atoms with Crippen molar-refractivity contribution in [3.05, 3.63) is 102 Å². The zero-order valence-corrected chi connectivity index (χ0v) is 18.7. The van der Waals surface area contributed by atoms with Gasteiger partial charge in [-0.1, -0.05) is 30.3 Å². The standard InChI is InChI=1S/C23H20N4O3S2/c1-17(18-10-12-19(13-11-18)27-14-4-5-15-27)24-25-23(28)20-7-2-3-8-21(20)26-32(29,30)22-9-6-16-31-22/h2-16,26H,1H3,(H,25,28). The molecule has 1 amide bonds. The molecular weight excluding hydrogens is 444 g/mol. The summed E-state index contributed by atoms with van der Waals surface area (Å²) < 4.78 is 29.7. The lowest BCUT2D eigenvalue weighted by Gasteiger charge is -2.11. The van der Waals surface area contributed by atoms with Crippen LogP contribution in [0.15, 0.2) is 99.9 Å². The first-order chi connectivity index (χ1) is 15.4. The molecule has 0 spiro atoms. The second kappa shape index (κ2) is 9.21. The Morgan fingerprint density at radius 2 is 1.66 bits per heavy atom. The zero-order valence-electron chi connectivity index (χ0n) is 17.1. The van der Waals surface area contributed by atoms with Gasteiger partial charge in [0, 0.05) is 18.1 Å². The molecule has 2 N–H and O–H groups in total. The Kier molecular flexibility index (Phi) is 6.20. The second-order valence-corrected chi connectivity index (χ2v) is 9.72. The average molecular weight is 465 g/mol. The molecule has 0 radical (unpaired) electrons. The quantitative estimate of drug-likeness (QED) is 0.312. The molecule has 4 rings (SSSR count). The first-order valence-electron chi connectivity index (χ1n) is 9.68. The van der Waals surface area contributed by atoms with E-state index in [2.05, 4.69) is 15.2 Å². The van der Waals surface area contributed by atoms with Crippen molar-refractivity contribution in [2.45, 2.75) is 11.1 Å². The Morgan fingerprint density at radius 1 is 0.938 bits per heavy atom. The first kappa shape index (κ1) is 21.5. The smallest absolute Gasteiger partial charge is 0.273 e. The summed E-state index contributed by atoms with van der Waals surface area (Å²) in [6, 6.07) is 21.2. The number of amides is 1. The van der Waals surface area contributed by atoms with Gasteiger partial charge in [0.25, 0.3) is 15.9 Å². The second-order valence-electron chi connectivity index (χ2n) is 6.86. The SMILES string of the molecule is CC(=NNC(=O)c1ccccc1NS(=O)(=O)c1cccs1)c1ccc(-n2cccc2)cc1. The van der Waals surface area contributed by atoms with Crippen molar-refractivity contribution >= 4 is 38.7 Å². The predicted molar refractivity (Wildman–Crippen MR) is 127 cm³/mol. The highest BCUT2D eigenvalue weighted by atomic mass is 32.2. The van der Waals surface area contributed by atoms with Crippen LogP contribution in [0, 0.1) is 0 Å². The molecule has 7 nitrogen and oxygen atoms in total. The van der Waals surface area contributed by atoms with Crippen molar-refractivity contribution in [3.8, 4) is 5.69 Å². The summed E-state index contributed by atoms with van der Waals surface area (Å²) in [5.41, 5.74) is 5.36. The van der Waals surface area contributed by atoms with Crippen LogP contribution in [0.5, 0.6) is 0 Å². The van der Waals surface area contributed by atoms with E-state index in [4.69, 9.17) is 0 Å². The molecule has 0 atom stereocenters. The summed E-state index contributed by atoms with van der Waals surface area (Å²) in [4.78, 5) is 12.7. The van der Waals surface area contributed by atoms with E-state index in [0.29, 0.717) is 5.71 Å². The van der Waals surface area contributed by atoms with Crippen LogP contribution >= 0.6 is 11.3 Å². The third kappa shape index (κ3) is 4.79. The van der Waals surface area contributed by atoms with Gasteiger partial charge in [-0.25, -0.2) is 13.8 Å². The molecule has 0 saturated carbocycles. The van der Waals surface area contributed by atoms with Gasteiger partial charge in [-0.2, -0.15) is 5.10 Å². The number of benzene rings is 2. The van der Waals surface area contributed by atoms with E-state index in [0.717, 1.165) is 22.6 Å². The summed E-state index contributed by atoms with van der Waals surface area (Å²) >= 11 is 1.10. The minimum Gasteiger partial charge on any atom is -0.324 e. The molecule has 2 aromatic carbocycles. The van der Waals surface area contributed by atoms with Gasteiger partial charge in [-0.15, -0.1) is 11.3 Å². The van der Waals surface area contributed by atoms with Crippen molar-refractivity contribution in [2.75, 3.05) is 4.72 Å². The Hall–Kier alpha value is -3.69. The summed E-state index contributed by atoms with van der Waals surface area (Å²) in [6.45, 7) is 1.79.